The van der Waals surface area contributed by atoms with E-state index in [1.807, 2.05) is 0 Å². The molecule has 0 N–H and O–H groups in total. The predicted molar refractivity (Wildman–Crippen MR) is 52.1 cm³/mol. The fourth-order valence-electron chi connectivity index (χ4n) is 0.880. The predicted octanol–water partition coefficient (Wildman–Crippen LogP) is 3.21. The van der Waals surface area contributed by atoms with E-state index in [0.29, 0.717) is 11.8 Å². The second-order valence-corrected chi connectivity index (χ2v) is 3.85. The smallest absolute Gasteiger partial charge is 0.00488 e. The first-order valence-corrected chi connectivity index (χ1v) is 4.97. The van der Waals surface area contributed by atoms with Crippen LogP contribution in [0.3, 0.4) is 0 Å². The standard InChI is InChI=1S/C9H17P/c1-7(2)9(4)8(3)6-10-5/h7-8H,4-6H2,1-3H3. The van der Waals surface area contributed by atoms with Gasteiger partial charge in [-0.3, -0.25) is 0 Å². The Morgan fingerprint density at radius 3 is 2.20 bits per heavy atom. The lowest BCUT2D eigenvalue weighted by molar-refractivity contribution is 0.636. The highest BCUT2D eigenvalue weighted by Gasteiger charge is 2.07. The Labute approximate surface area is 66.1 Å². The Balaban J connectivity index is 3.81. The first-order valence-electron chi connectivity index (χ1n) is 3.70. The Kier molecular flexibility index (Phi) is 4.64. The maximum absolute atomic E-state index is 4.04. The van der Waals surface area contributed by atoms with Gasteiger partial charge in [0.15, 0.2) is 0 Å². The fourth-order valence-corrected chi connectivity index (χ4v) is 1.50. The molecule has 0 nitrogen and oxygen atoms in total. The molecule has 0 spiro atoms. The van der Waals surface area contributed by atoms with Crippen LogP contribution in [0.5, 0.6) is 0 Å². The van der Waals surface area contributed by atoms with Crippen LogP contribution in [-0.4, -0.2) is 12.5 Å². The molecule has 1 unspecified atom stereocenters. The normalized spacial score (nSPS) is 14.0. The van der Waals surface area contributed by atoms with Crippen LogP contribution in [0.15, 0.2) is 12.2 Å². The molecule has 0 aromatic rings. The number of hydrogen-bond acceptors (Lipinski definition) is 0. The summed E-state index contributed by atoms with van der Waals surface area (Å²) >= 11 is 0. The zero-order valence-corrected chi connectivity index (χ0v) is 8.12. The van der Waals surface area contributed by atoms with Crippen molar-refractivity contribution in [2.75, 3.05) is 6.16 Å². The molecular formula is C9H17P. The molecule has 0 saturated heterocycles. The zero-order chi connectivity index (χ0) is 8.15. The van der Waals surface area contributed by atoms with Gasteiger partial charge in [-0.25, -0.2) is 0 Å². The summed E-state index contributed by atoms with van der Waals surface area (Å²) in [5.41, 5.74) is 1.36. The zero-order valence-electron chi connectivity index (χ0n) is 7.22. The SMILES string of the molecule is C=PCC(C)C(=C)C(C)C. The van der Waals surface area contributed by atoms with Crippen molar-refractivity contribution in [2.24, 2.45) is 11.8 Å². The van der Waals surface area contributed by atoms with Gasteiger partial charge < -0.3 is 0 Å². The van der Waals surface area contributed by atoms with Gasteiger partial charge in [0.05, 0.1) is 0 Å². The topological polar surface area (TPSA) is 0 Å². The molecule has 0 aromatic heterocycles. The minimum Gasteiger partial charge on any atom is -0.112 e. The average Bonchev–Trinajstić information content (AvgIpc) is 1.87. The summed E-state index contributed by atoms with van der Waals surface area (Å²) in [6, 6.07) is 0. The van der Waals surface area contributed by atoms with Crippen molar-refractivity contribution in [3.05, 3.63) is 12.2 Å². The molecular weight excluding hydrogens is 139 g/mol. The number of allylic oxidation sites excluding steroid dienone is 1. The summed E-state index contributed by atoms with van der Waals surface area (Å²) in [6.07, 6.45) is 4.95. The van der Waals surface area contributed by atoms with Crippen LogP contribution in [0.25, 0.3) is 0 Å². The van der Waals surface area contributed by atoms with Crippen molar-refractivity contribution in [1.82, 2.24) is 0 Å². The Bertz CT molecular complexity index is 125. The van der Waals surface area contributed by atoms with Gasteiger partial charge >= 0.3 is 0 Å². The summed E-state index contributed by atoms with van der Waals surface area (Å²) < 4.78 is 0. The molecule has 0 heterocycles. The second kappa shape index (κ2) is 4.68. The van der Waals surface area contributed by atoms with Crippen LogP contribution >= 0.6 is 8.20 Å². The van der Waals surface area contributed by atoms with Gasteiger partial charge in [-0.1, -0.05) is 39.2 Å². The van der Waals surface area contributed by atoms with Crippen molar-refractivity contribution in [1.29, 1.82) is 0 Å². The summed E-state index contributed by atoms with van der Waals surface area (Å²) in [7, 11) is 1.23. The van der Waals surface area contributed by atoms with E-state index in [0.717, 1.165) is 6.16 Å². The summed E-state index contributed by atoms with van der Waals surface area (Å²) in [5, 5.41) is 0. The van der Waals surface area contributed by atoms with Crippen molar-refractivity contribution in [2.45, 2.75) is 20.8 Å². The van der Waals surface area contributed by atoms with Gasteiger partial charge in [0.1, 0.15) is 0 Å². The lowest BCUT2D eigenvalue weighted by Crippen LogP contribution is -2.05. The van der Waals surface area contributed by atoms with E-state index in [1.165, 1.54) is 13.8 Å². The fraction of sp³-hybridized carbons (Fsp3) is 0.667. The maximum Gasteiger partial charge on any atom is -0.00488 e. The molecule has 0 saturated carbocycles. The minimum atomic E-state index is 0.622. The molecule has 0 amide bonds. The molecule has 0 fully saturated rings. The first-order chi connectivity index (χ1) is 4.59. The molecule has 0 aliphatic heterocycles. The minimum absolute atomic E-state index is 0.622. The Morgan fingerprint density at radius 2 is 1.90 bits per heavy atom. The van der Waals surface area contributed by atoms with Gasteiger partial charge in [0, 0.05) is 0 Å². The van der Waals surface area contributed by atoms with Crippen LogP contribution < -0.4 is 0 Å². The highest BCUT2D eigenvalue weighted by Crippen LogP contribution is 2.20. The molecule has 0 rings (SSSR count). The van der Waals surface area contributed by atoms with Crippen molar-refractivity contribution in [3.8, 4) is 0 Å². The van der Waals surface area contributed by atoms with Crippen molar-refractivity contribution in [3.63, 3.8) is 0 Å². The van der Waals surface area contributed by atoms with E-state index in [4.69, 9.17) is 0 Å². The molecule has 1 heteroatoms. The van der Waals surface area contributed by atoms with E-state index in [2.05, 4.69) is 33.6 Å². The van der Waals surface area contributed by atoms with Crippen molar-refractivity contribution < 1.29 is 0 Å². The van der Waals surface area contributed by atoms with Crippen molar-refractivity contribution >= 4 is 14.5 Å². The van der Waals surface area contributed by atoms with Crippen LogP contribution in [0.2, 0.25) is 0 Å². The largest absolute Gasteiger partial charge is 0.112 e. The molecule has 0 bridgehead atoms. The first kappa shape index (κ1) is 9.91. The summed E-state index contributed by atoms with van der Waals surface area (Å²) in [5.74, 6) is 1.26. The summed E-state index contributed by atoms with van der Waals surface area (Å²) in [4.78, 5) is 0. The summed E-state index contributed by atoms with van der Waals surface area (Å²) in [6.45, 7) is 10.6. The monoisotopic (exact) mass is 156 g/mol. The van der Waals surface area contributed by atoms with Crippen LogP contribution in [-0.2, 0) is 0 Å². The number of hydrogen-bond donors (Lipinski definition) is 0. The Hall–Kier alpha value is -0.0900. The third-order valence-corrected chi connectivity index (χ3v) is 2.58. The van der Waals surface area contributed by atoms with Crippen LogP contribution in [0.1, 0.15) is 20.8 Å². The molecule has 0 aromatic carbocycles. The molecule has 0 aliphatic rings. The molecule has 0 radical (unpaired) electrons. The van der Waals surface area contributed by atoms with E-state index in [-0.39, 0.29) is 0 Å². The quantitative estimate of drug-likeness (QED) is 0.433. The Morgan fingerprint density at radius 1 is 1.40 bits per heavy atom. The molecule has 1 atom stereocenters. The second-order valence-electron chi connectivity index (χ2n) is 3.04. The lowest BCUT2D eigenvalue weighted by Gasteiger charge is -2.15. The molecule has 0 aliphatic carbocycles. The van der Waals surface area contributed by atoms with Gasteiger partial charge in [-0.2, -0.15) is 0 Å². The van der Waals surface area contributed by atoms with E-state index in [1.54, 1.807) is 0 Å². The van der Waals surface area contributed by atoms with E-state index >= 15 is 0 Å². The van der Waals surface area contributed by atoms with Gasteiger partial charge in [-0.15, -0.1) is 8.20 Å². The molecule has 10 heavy (non-hydrogen) atoms. The molecule has 58 valence electrons. The number of rotatable bonds is 4. The van der Waals surface area contributed by atoms with E-state index in [9.17, 15) is 0 Å². The lowest BCUT2D eigenvalue weighted by atomic mass is 9.94. The van der Waals surface area contributed by atoms with Crippen LogP contribution in [0.4, 0.5) is 0 Å². The third kappa shape index (κ3) is 3.17. The highest BCUT2D eigenvalue weighted by molar-refractivity contribution is 7.36. The van der Waals surface area contributed by atoms with Gasteiger partial charge in [0.25, 0.3) is 0 Å². The highest BCUT2D eigenvalue weighted by atomic mass is 31.1. The van der Waals surface area contributed by atoms with E-state index < -0.39 is 0 Å². The maximum atomic E-state index is 4.04. The van der Waals surface area contributed by atoms with Crippen LogP contribution in [0, 0.1) is 11.8 Å². The van der Waals surface area contributed by atoms with Gasteiger partial charge in [-0.05, 0) is 18.0 Å². The third-order valence-electron chi connectivity index (χ3n) is 1.78. The van der Waals surface area contributed by atoms with Gasteiger partial charge in [0.2, 0.25) is 0 Å². The average molecular weight is 156 g/mol.